The van der Waals surface area contributed by atoms with Gasteiger partial charge in [-0.25, -0.2) is 0 Å². The van der Waals surface area contributed by atoms with Crippen molar-refractivity contribution in [2.24, 2.45) is 5.73 Å². The normalized spacial score (nSPS) is 12.4. The van der Waals surface area contributed by atoms with Gasteiger partial charge in [0.05, 0.1) is 0 Å². The van der Waals surface area contributed by atoms with Crippen LogP contribution in [0.15, 0.2) is 35.9 Å². The molecule has 0 saturated heterocycles. The lowest BCUT2D eigenvalue weighted by molar-refractivity contribution is -0.0498. The lowest BCUT2D eigenvalue weighted by Crippen LogP contribution is -2.08. The van der Waals surface area contributed by atoms with Crippen LogP contribution in [0.1, 0.15) is 25.5 Å². The van der Waals surface area contributed by atoms with E-state index < -0.39 is 6.61 Å². The van der Waals surface area contributed by atoms with E-state index in [-0.39, 0.29) is 11.8 Å². The summed E-state index contributed by atoms with van der Waals surface area (Å²) in [5.74, 6) is 0.130. The van der Waals surface area contributed by atoms with Crippen molar-refractivity contribution >= 4 is 0 Å². The molecule has 1 aromatic rings. The Bertz CT molecular complexity index is 373. The first-order chi connectivity index (χ1) is 7.49. The van der Waals surface area contributed by atoms with Gasteiger partial charge in [0, 0.05) is 6.04 Å². The van der Waals surface area contributed by atoms with Gasteiger partial charge in [-0.15, -0.1) is 0 Å². The van der Waals surface area contributed by atoms with Crippen LogP contribution in [0.3, 0.4) is 0 Å². The predicted octanol–water partition coefficient (Wildman–Crippen LogP) is 3.25. The van der Waals surface area contributed by atoms with Gasteiger partial charge >= 0.3 is 6.61 Å². The van der Waals surface area contributed by atoms with Gasteiger partial charge in [-0.05, 0) is 31.5 Å². The minimum atomic E-state index is -2.81. The summed E-state index contributed by atoms with van der Waals surface area (Å²) in [6.45, 7) is 1.05. The Morgan fingerprint density at radius 3 is 2.62 bits per heavy atom. The Morgan fingerprint density at radius 1 is 1.38 bits per heavy atom. The summed E-state index contributed by atoms with van der Waals surface area (Å²) in [5.41, 5.74) is 7.70. The van der Waals surface area contributed by atoms with Gasteiger partial charge in [-0.1, -0.05) is 23.8 Å². The van der Waals surface area contributed by atoms with Gasteiger partial charge in [0.1, 0.15) is 5.75 Å². The van der Waals surface area contributed by atoms with E-state index in [0.29, 0.717) is 0 Å². The molecule has 2 nitrogen and oxygen atoms in total. The number of rotatable bonds is 4. The summed E-state index contributed by atoms with van der Waals surface area (Å²) in [7, 11) is 0. The second-order valence-corrected chi connectivity index (χ2v) is 3.72. The second-order valence-electron chi connectivity index (χ2n) is 3.72. The lowest BCUT2D eigenvalue weighted by atomic mass is 10.1. The van der Waals surface area contributed by atoms with Crippen LogP contribution in [0.4, 0.5) is 8.78 Å². The smallest absolute Gasteiger partial charge is 0.387 e. The number of halogens is 2. The van der Waals surface area contributed by atoms with Crippen molar-refractivity contribution in [3.8, 4) is 5.75 Å². The molecule has 0 radical (unpaired) electrons. The Hall–Kier alpha value is -1.42. The highest BCUT2D eigenvalue weighted by Crippen LogP contribution is 2.20. The van der Waals surface area contributed by atoms with Crippen molar-refractivity contribution in [3.05, 3.63) is 41.5 Å². The van der Waals surface area contributed by atoms with E-state index in [9.17, 15) is 8.78 Å². The number of ether oxygens (including phenoxy) is 1. The number of hydrogen-bond donors (Lipinski definition) is 1. The maximum atomic E-state index is 12.0. The molecule has 2 N–H and O–H groups in total. The molecule has 1 rings (SSSR count). The molecule has 0 spiro atoms. The van der Waals surface area contributed by atoms with Crippen LogP contribution in [0.25, 0.3) is 0 Å². The van der Waals surface area contributed by atoms with E-state index >= 15 is 0 Å². The highest BCUT2D eigenvalue weighted by Gasteiger charge is 2.07. The highest BCUT2D eigenvalue weighted by molar-refractivity contribution is 5.32. The standard InChI is InChI=1S/C12H15F2NO/c1-8(2)6-11(15)9-4-3-5-10(7-9)16-12(13)14/h3-7,11-12H,15H2,1-2H3. The molecule has 1 unspecified atom stereocenters. The fourth-order valence-electron chi connectivity index (χ4n) is 1.35. The van der Waals surface area contributed by atoms with Crippen molar-refractivity contribution in [1.29, 1.82) is 0 Å². The summed E-state index contributed by atoms with van der Waals surface area (Å²) < 4.78 is 28.3. The molecule has 0 aromatic heterocycles. The van der Waals surface area contributed by atoms with Gasteiger partial charge in [-0.2, -0.15) is 8.78 Å². The van der Waals surface area contributed by atoms with Crippen molar-refractivity contribution in [2.45, 2.75) is 26.5 Å². The van der Waals surface area contributed by atoms with E-state index in [1.807, 2.05) is 19.9 Å². The summed E-state index contributed by atoms with van der Waals surface area (Å²) in [6, 6.07) is 6.13. The minimum absolute atomic E-state index is 0.130. The molecule has 4 heteroatoms. The van der Waals surface area contributed by atoms with Crippen molar-refractivity contribution in [3.63, 3.8) is 0 Å². The van der Waals surface area contributed by atoms with Gasteiger partial charge in [0.25, 0.3) is 0 Å². The Balaban J connectivity index is 2.85. The second kappa shape index (κ2) is 5.61. The van der Waals surface area contributed by atoms with E-state index in [0.717, 1.165) is 11.1 Å². The molecule has 0 fully saturated rings. The highest BCUT2D eigenvalue weighted by atomic mass is 19.3. The Kier molecular flexibility index (Phi) is 4.43. The van der Waals surface area contributed by atoms with Gasteiger partial charge in [-0.3, -0.25) is 0 Å². The number of allylic oxidation sites excluding steroid dienone is 1. The fourth-order valence-corrected chi connectivity index (χ4v) is 1.35. The number of hydrogen-bond acceptors (Lipinski definition) is 2. The third-order valence-corrected chi connectivity index (χ3v) is 1.98. The summed E-state index contributed by atoms with van der Waals surface area (Å²) in [4.78, 5) is 0. The third kappa shape index (κ3) is 3.98. The van der Waals surface area contributed by atoms with E-state index in [1.165, 1.54) is 12.1 Å². The third-order valence-electron chi connectivity index (χ3n) is 1.98. The van der Waals surface area contributed by atoms with Crippen LogP contribution < -0.4 is 10.5 Å². The lowest BCUT2D eigenvalue weighted by Gasteiger charge is -2.10. The fraction of sp³-hybridized carbons (Fsp3) is 0.333. The summed E-state index contributed by atoms with van der Waals surface area (Å²) in [6.07, 6.45) is 1.86. The quantitative estimate of drug-likeness (QED) is 0.801. The molecule has 0 heterocycles. The van der Waals surface area contributed by atoms with Gasteiger partial charge < -0.3 is 10.5 Å². The Morgan fingerprint density at radius 2 is 2.06 bits per heavy atom. The first-order valence-corrected chi connectivity index (χ1v) is 4.94. The zero-order valence-corrected chi connectivity index (χ0v) is 9.28. The Labute approximate surface area is 93.7 Å². The van der Waals surface area contributed by atoms with Crippen LogP contribution in [-0.4, -0.2) is 6.61 Å². The van der Waals surface area contributed by atoms with Crippen LogP contribution in [0.5, 0.6) is 5.75 Å². The number of nitrogens with two attached hydrogens (primary N) is 1. The summed E-state index contributed by atoms with van der Waals surface area (Å²) in [5, 5.41) is 0. The molecular formula is C12H15F2NO. The molecule has 16 heavy (non-hydrogen) atoms. The van der Waals surface area contributed by atoms with Crippen LogP contribution in [0.2, 0.25) is 0 Å². The zero-order chi connectivity index (χ0) is 12.1. The largest absolute Gasteiger partial charge is 0.435 e. The molecular weight excluding hydrogens is 212 g/mol. The predicted molar refractivity (Wildman–Crippen MR) is 59.4 cm³/mol. The van der Waals surface area contributed by atoms with E-state index in [4.69, 9.17) is 5.73 Å². The maximum absolute atomic E-state index is 12.0. The minimum Gasteiger partial charge on any atom is -0.435 e. The molecule has 0 aliphatic rings. The molecule has 88 valence electrons. The van der Waals surface area contributed by atoms with Crippen molar-refractivity contribution < 1.29 is 13.5 Å². The number of alkyl halides is 2. The molecule has 0 bridgehead atoms. The zero-order valence-electron chi connectivity index (χ0n) is 9.28. The summed E-state index contributed by atoms with van der Waals surface area (Å²) >= 11 is 0. The van der Waals surface area contributed by atoms with Gasteiger partial charge in [0.2, 0.25) is 0 Å². The molecule has 1 aromatic carbocycles. The first-order valence-electron chi connectivity index (χ1n) is 4.94. The van der Waals surface area contributed by atoms with Gasteiger partial charge in [0.15, 0.2) is 0 Å². The van der Waals surface area contributed by atoms with Crippen molar-refractivity contribution in [2.75, 3.05) is 0 Å². The van der Waals surface area contributed by atoms with Crippen LogP contribution >= 0.6 is 0 Å². The SMILES string of the molecule is CC(C)=CC(N)c1cccc(OC(F)F)c1. The van der Waals surface area contributed by atoms with E-state index in [2.05, 4.69) is 4.74 Å². The average molecular weight is 227 g/mol. The maximum Gasteiger partial charge on any atom is 0.387 e. The molecule has 0 aliphatic heterocycles. The van der Waals surface area contributed by atoms with Crippen LogP contribution in [0, 0.1) is 0 Å². The number of benzene rings is 1. The average Bonchev–Trinajstić information content (AvgIpc) is 2.16. The topological polar surface area (TPSA) is 35.2 Å². The molecule has 0 amide bonds. The van der Waals surface area contributed by atoms with Crippen LogP contribution in [-0.2, 0) is 0 Å². The first kappa shape index (κ1) is 12.6. The molecule has 1 atom stereocenters. The molecule has 0 saturated carbocycles. The molecule has 0 aliphatic carbocycles. The monoisotopic (exact) mass is 227 g/mol. The van der Waals surface area contributed by atoms with E-state index in [1.54, 1.807) is 12.1 Å². The van der Waals surface area contributed by atoms with Crippen molar-refractivity contribution in [1.82, 2.24) is 0 Å².